The molecule has 0 bridgehead atoms. The van der Waals surface area contributed by atoms with E-state index in [-0.39, 0.29) is 37.1 Å². The van der Waals surface area contributed by atoms with Gasteiger partial charge in [-0.3, -0.25) is 14.4 Å². The van der Waals surface area contributed by atoms with Gasteiger partial charge >= 0.3 is 0 Å². The van der Waals surface area contributed by atoms with E-state index >= 15 is 0 Å². The molecule has 6 heteroatoms. The van der Waals surface area contributed by atoms with Gasteiger partial charge in [0.15, 0.2) is 5.78 Å². The molecular formula is C19H26N2O4. The lowest BCUT2D eigenvalue weighted by atomic mass is 9.93. The van der Waals surface area contributed by atoms with Gasteiger partial charge in [0.05, 0.1) is 13.1 Å². The Morgan fingerprint density at radius 3 is 2.48 bits per heavy atom. The molecule has 2 amide bonds. The topological polar surface area (TPSA) is 92.3 Å². The molecule has 1 atom stereocenters. The molecule has 1 rings (SSSR count). The number of unbranched alkanes of at least 4 members (excludes halogenated alkanes) is 1. The molecule has 0 aliphatic rings. The molecule has 0 saturated heterocycles. The van der Waals surface area contributed by atoms with E-state index < -0.39 is 5.92 Å². The Hall–Kier alpha value is -2.50. The predicted octanol–water partition coefficient (Wildman–Crippen LogP) is 1.43. The van der Waals surface area contributed by atoms with Crippen LogP contribution in [0, 0.1) is 5.92 Å². The third-order valence-electron chi connectivity index (χ3n) is 3.77. The van der Waals surface area contributed by atoms with Crippen molar-refractivity contribution in [2.24, 2.45) is 5.92 Å². The van der Waals surface area contributed by atoms with Crippen LogP contribution in [0.1, 0.15) is 38.2 Å². The Kier molecular flexibility index (Phi) is 9.82. The molecule has 0 aliphatic carbocycles. The molecule has 2 N–H and O–H groups in total. The maximum absolute atomic E-state index is 12.2. The predicted molar refractivity (Wildman–Crippen MR) is 94.9 cm³/mol. The quantitative estimate of drug-likeness (QED) is 0.560. The maximum Gasteiger partial charge on any atom is 0.224 e. The van der Waals surface area contributed by atoms with Crippen LogP contribution in [0.3, 0.4) is 0 Å². The highest BCUT2D eigenvalue weighted by Gasteiger charge is 2.22. The van der Waals surface area contributed by atoms with Crippen molar-refractivity contribution in [3.63, 3.8) is 0 Å². The molecule has 1 aromatic rings. The molecule has 1 aromatic carbocycles. The van der Waals surface area contributed by atoms with Crippen LogP contribution >= 0.6 is 0 Å². The van der Waals surface area contributed by atoms with E-state index in [2.05, 4.69) is 10.6 Å². The second kappa shape index (κ2) is 11.9. The Morgan fingerprint density at radius 2 is 1.84 bits per heavy atom. The van der Waals surface area contributed by atoms with Crippen molar-refractivity contribution in [1.82, 2.24) is 10.6 Å². The third kappa shape index (κ3) is 8.79. The lowest BCUT2D eigenvalue weighted by Crippen LogP contribution is -2.36. The number of carbonyl (C=O) groups excluding carboxylic acids is 4. The largest absolute Gasteiger partial charge is 0.349 e. The molecule has 0 radical (unpaired) electrons. The molecule has 136 valence electrons. The number of hydrogen-bond acceptors (Lipinski definition) is 4. The summed E-state index contributed by atoms with van der Waals surface area (Å²) in [6.07, 6.45) is 3.13. The van der Waals surface area contributed by atoms with Gasteiger partial charge in [0.2, 0.25) is 11.8 Å². The lowest BCUT2D eigenvalue weighted by Gasteiger charge is -2.16. The summed E-state index contributed by atoms with van der Waals surface area (Å²) < 4.78 is 0. The number of rotatable bonds is 12. The smallest absolute Gasteiger partial charge is 0.224 e. The molecule has 6 nitrogen and oxygen atoms in total. The van der Waals surface area contributed by atoms with Crippen LogP contribution in [0.4, 0.5) is 0 Å². The third-order valence-corrected chi connectivity index (χ3v) is 3.77. The second-order valence-corrected chi connectivity index (χ2v) is 5.92. The summed E-state index contributed by atoms with van der Waals surface area (Å²) in [6, 6.07) is 9.38. The number of nitrogens with one attached hydrogen (secondary N) is 2. The highest BCUT2D eigenvalue weighted by molar-refractivity contribution is 5.90. The number of benzene rings is 1. The zero-order valence-electron chi connectivity index (χ0n) is 14.6. The van der Waals surface area contributed by atoms with Gasteiger partial charge in [-0.1, -0.05) is 43.7 Å². The Labute approximate surface area is 148 Å². The fourth-order valence-electron chi connectivity index (χ4n) is 2.41. The van der Waals surface area contributed by atoms with E-state index in [1.807, 2.05) is 37.3 Å². The number of Topliss-reactive ketones (excluding diaryl/α,β-unsaturated/α-hetero) is 1. The van der Waals surface area contributed by atoms with Crippen molar-refractivity contribution in [2.45, 2.75) is 39.0 Å². The summed E-state index contributed by atoms with van der Waals surface area (Å²) in [5.74, 6) is -1.25. The fourth-order valence-corrected chi connectivity index (χ4v) is 2.41. The van der Waals surface area contributed by atoms with Crippen molar-refractivity contribution < 1.29 is 19.2 Å². The monoisotopic (exact) mass is 346 g/mol. The molecule has 0 aromatic heterocycles. The first-order valence-electron chi connectivity index (χ1n) is 8.60. The highest BCUT2D eigenvalue weighted by atomic mass is 16.2. The first-order chi connectivity index (χ1) is 12.1. The molecule has 0 fully saturated rings. The van der Waals surface area contributed by atoms with Crippen molar-refractivity contribution in [3.05, 3.63) is 35.9 Å². The lowest BCUT2D eigenvalue weighted by molar-refractivity contribution is -0.130. The number of hydrogen-bond donors (Lipinski definition) is 2. The molecule has 0 heterocycles. The van der Waals surface area contributed by atoms with Gasteiger partial charge in [0, 0.05) is 18.8 Å². The van der Waals surface area contributed by atoms with Crippen molar-refractivity contribution in [3.8, 4) is 0 Å². The van der Waals surface area contributed by atoms with E-state index in [0.717, 1.165) is 18.4 Å². The summed E-state index contributed by atoms with van der Waals surface area (Å²) in [4.78, 5) is 46.4. The summed E-state index contributed by atoms with van der Waals surface area (Å²) in [5, 5.41) is 5.10. The van der Waals surface area contributed by atoms with Gasteiger partial charge in [-0.2, -0.15) is 0 Å². The van der Waals surface area contributed by atoms with Crippen LogP contribution in [-0.2, 0) is 25.6 Å². The normalized spacial score (nSPS) is 11.4. The van der Waals surface area contributed by atoms with Gasteiger partial charge in [-0.15, -0.1) is 0 Å². The summed E-state index contributed by atoms with van der Waals surface area (Å²) in [7, 11) is 0. The zero-order chi connectivity index (χ0) is 18.5. The molecular weight excluding hydrogens is 320 g/mol. The Bertz CT molecular complexity index is 572. The minimum Gasteiger partial charge on any atom is -0.349 e. The van der Waals surface area contributed by atoms with E-state index in [4.69, 9.17) is 0 Å². The van der Waals surface area contributed by atoms with Gasteiger partial charge in [-0.25, -0.2) is 0 Å². The van der Waals surface area contributed by atoms with Crippen molar-refractivity contribution in [2.75, 3.05) is 13.1 Å². The van der Waals surface area contributed by atoms with Gasteiger partial charge in [-0.05, 0) is 18.4 Å². The number of ketones is 1. The van der Waals surface area contributed by atoms with Crippen LogP contribution in [0.25, 0.3) is 0 Å². The van der Waals surface area contributed by atoms with Crippen LogP contribution in [0.2, 0.25) is 0 Å². The first kappa shape index (κ1) is 20.5. The molecule has 25 heavy (non-hydrogen) atoms. The zero-order valence-corrected chi connectivity index (χ0v) is 14.6. The van der Waals surface area contributed by atoms with Crippen molar-refractivity contribution >= 4 is 23.9 Å². The van der Waals surface area contributed by atoms with Gasteiger partial charge in [0.1, 0.15) is 6.29 Å². The average molecular weight is 346 g/mol. The standard InChI is InChI=1S/C19H26N2O4/c1-2-3-9-18(24)21-14-17(23)13-16(19(25)20-10-11-22)12-15-7-5-4-6-8-15/h4-8,11,16H,2-3,9-10,12-14H2,1H3,(H,20,25)(H,21,24)/t16-/m1/s1. The second-order valence-electron chi connectivity index (χ2n) is 5.92. The van der Waals surface area contributed by atoms with E-state index in [0.29, 0.717) is 19.1 Å². The van der Waals surface area contributed by atoms with Crippen LogP contribution < -0.4 is 10.6 Å². The van der Waals surface area contributed by atoms with Crippen LogP contribution in [-0.4, -0.2) is 37.0 Å². The van der Waals surface area contributed by atoms with E-state index in [1.54, 1.807) is 0 Å². The number of amides is 2. The maximum atomic E-state index is 12.2. The molecule has 0 aliphatic heterocycles. The van der Waals surface area contributed by atoms with Crippen LogP contribution in [0.15, 0.2) is 30.3 Å². The molecule has 0 spiro atoms. The molecule has 0 unspecified atom stereocenters. The number of carbonyl (C=O) groups is 4. The van der Waals surface area contributed by atoms with Gasteiger partial charge < -0.3 is 15.4 Å². The van der Waals surface area contributed by atoms with Gasteiger partial charge in [0.25, 0.3) is 0 Å². The minimum atomic E-state index is -0.567. The highest BCUT2D eigenvalue weighted by Crippen LogP contribution is 2.13. The Balaban J connectivity index is 2.59. The first-order valence-corrected chi connectivity index (χ1v) is 8.60. The Morgan fingerprint density at radius 1 is 1.12 bits per heavy atom. The molecule has 0 saturated carbocycles. The van der Waals surface area contributed by atoms with Crippen molar-refractivity contribution in [1.29, 1.82) is 0 Å². The average Bonchev–Trinajstić information content (AvgIpc) is 2.63. The number of aldehydes is 1. The van der Waals surface area contributed by atoms with E-state index in [1.165, 1.54) is 0 Å². The summed E-state index contributed by atoms with van der Waals surface area (Å²) in [5.41, 5.74) is 0.938. The summed E-state index contributed by atoms with van der Waals surface area (Å²) >= 11 is 0. The minimum absolute atomic E-state index is 0.0215. The van der Waals surface area contributed by atoms with Crippen LogP contribution in [0.5, 0.6) is 0 Å². The SMILES string of the molecule is CCCCC(=O)NCC(=O)C[C@@H](Cc1ccccc1)C(=O)NCC=O. The van der Waals surface area contributed by atoms with E-state index in [9.17, 15) is 19.2 Å². The fraction of sp³-hybridized carbons (Fsp3) is 0.474. The summed E-state index contributed by atoms with van der Waals surface area (Å²) in [6.45, 7) is 1.84.